The van der Waals surface area contributed by atoms with Crippen LogP contribution in [-0.2, 0) is 11.2 Å². The van der Waals surface area contributed by atoms with Crippen molar-refractivity contribution in [3.05, 3.63) is 56.7 Å². The van der Waals surface area contributed by atoms with Gasteiger partial charge in [-0.05, 0) is 36.6 Å². The van der Waals surface area contributed by atoms with Gasteiger partial charge in [0.15, 0.2) is 0 Å². The third kappa shape index (κ3) is 3.12. The van der Waals surface area contributed by atoms with E-state index < -0.39 is 0 Å². The fourth-order valence-corrected chi connectivity index (χ4v) is 3.73. The van der Waals surface area contributed by atoms with E-state index in [2.05, 4.69) is 16.7 Å². The first-order chi connectivity index (χ1) is 10.1. The Labute approximate surface area is 133 Å². The maximum Gasteiger partial charge on any atom is 0.242 e. The van der Waals surface area contributed by atoms with Crippen molar-refractivity contribution in [2.75, 3.05) is 6.54 Å². The second-order valence-corrected chi connectivity index (χ2v) is 6.95. The molecule has 1 aliphatic heterocycles. The Hall–Kier alpha value is -1.36. The number of carbonyl (C=O) groups is 1. The summed E-state index contributed by atoms with van der Waals surface area (Å²) in [7, 11) is 0. The van der Waals surface area contributed by atoms with Crippen LogP contribution in [-0.4, -0.2) is 12.5 Å². The van der Waals surface area contributed by atoms with Gasteiger partial charge in [0.1, 0.15) is 6.04 Å². The number of nitrogens with one attached hydrogen (secondary N) is 2. The molecule has 1 aromatic carbocycles. The first kappa shape index (κ1) is 14.6. The highest BCUT2D eigenvalue weighted by atomic mass is 35.5. The Balaban J connectivity index is 1.74. The van der Waals surface area contributed by atoms with Gasteiger partial charge in [0, 0.05) is 11.4 Å². The smallest absolute Gasteiger partial charge is 0.242 e. The van der Waals surface area contributed by atoms with E-state index in [1.807, 2.05) is 37.3 Å². The van der Waals surface area contributed by atoms with Crippen molar-refractivity contribution in [1.82, 2.24) is 10.6 Å². The Kier molecular flexibility index (Phi) is 4.29. The van der Waals surface area contributed by atoms with E-state index in [4.69, 9.17) is 11.6 Å². The topological polar surface area (TPSA) is 41.1 Å². The van der Waals surface area contributed by atoms with Gasteiger partial charge in [-0.3, -0.25) is 4.79 Å². The maximum atomic E-state index is 12.5. The van der Waals surface area contributed by atoms with Crippen molar-refractivity contribution in [2.24, 2.45) is 0 Å². The van der Waals surface area contributed by atoms with E-state index >= 15 is 0 Å². The molecule has 2 aromatic rings. The molecule has 0 fully saturated rings. The molecule has 0 spiro atoms. The van der Waals surface area contributed by atoms with Crippen LogP contribution in [0.2, 0.25) is 4.34 Å². The van der Waals surface area contributed by atoms with E-state index in [1.54, 1.807) is 0 Å². The molecule has 5 heteroatoms. The quantitative estimate of drug-likeness (QED) is 0.909. The minimum absolute atomic E-state index is 0.0131. The number of rotatable bonds is 3. The van der Waals surface area contributed by atoms with Crippen LogP contribution in [0.5, 0.6) is 0 Å². The summed E-state index contributed by atoms with van der Waals surface area (Å²) < 4.78 is 0.743. The molecule has 1 aromatic heterocycles. The average Bonchev–Trinajstić information content (AvgIpc) is 2.93. The van der Waals surface area contributed by atoms with Gasteiger partial charge in [0.2, 0.25) is 5.91 Å². The van der Waals surface area contributed by atoms with Crippen LogP contribution in [0.1, 0.15) is 35.0 Å². The van der Waals surface area contributed by atoms with Gasteiger partial charge in [-0.15, -0.1) is 11.3 Å². The average molecular weight is 321 g/mol. The van der Waals surface area contributed by atoms with Crippen LogP contribution >= 0.6 is 22.9 Å². The predicted molar refractivity (Wildman–Crippen MR) is 86.8 cm³/mol. The van der Waals surface area contributed by atoms with Crippen LogP contribution in [0.25, 0.3) is 0 Å². The first-order valence-electron chi connectivity index (χ1n) is 7.02. The largest absolute Gasteiger partial charge is 0.347 e. The number of halogens is 1. The number of amides is 1. The minimum Gasteiger partial charge on any atom is -0.347 e. The maximum absolute atomic E-state index is 12.5. The van der Waals surface area contributed by atoms with Crippen LogP contribution in [0.3, 0.4) is 0 Å². The monoisotopic (exact) mass is 320 g/mol. The van der Waals surface area contributed by atoms with Gasteiger partial charge in [0.05, 0.1) is 10.4 Å². The Morgan fingerprint density at radius 3 is 2.95 bits per heavy atom. The highest BCUT2D eigenvalue weighted by Crippen LogP contribution is 2.28. The number of carbonyl (C=O) groups excluding carboxylic acids is 1. The number of fused-ring (bicyclic) bond motifs is 1. The fraction of sp³-hybridized carbons (Fsp3) is 0.312. The summed E-state index contributed by atoms with van der Waals surface area (Å²) >= 11 is 7.45. The lowest BCUT2D eigenvalue weighted by molar-refractivity contribution is -0.124. The van der Waals surface area contributed by atoms with Gasteiger partial charge in [-0.25, -0.2) is 0 Å². The summed E-state index contributed by atoms with van der Waals surface area (Å²) in [5.74, 6) is 0.0131. The van der Waals surface area contributed by atoms with Crippen LogP contribution in [0.4, 0.5) is 0 Å². The number of thiophene rings is 1. The lowest BCUT2D eigenvalue weighted by Crippen LogP contribution is -2.42. The normalized spacial score (nSPS) is 18.9. The van der Waals surface area contributed by atoms with Gasteiger partial charge >= 0.3 is 0 Å². The Morgan fingerprint density at radius 2 is 2.19 bits per heavy atom. The molecule has 0 saturated carbocycles. The molecule has 3 nitrogen and oxygen atoms in total. The third-order valence-electron chi connectivity index (χ3n) is 3.75. The molecule has 110 valence electrons. The standard InChI is InChI=1S/C16H17ClN2OS/c1-10(13-6-7-14(17)21-13)19-16(20)15-12-5-3-2-4-11(12)8-9-18-15/h2-7,10,15,18H,8-9H2,1H3,(H,19,20). The summed E-state index contributed by atoms with van der Waals surface area (Å²) in [4.78, 5) is 13.6. The number of hydrogen-bond acceptors (Lipinski definition) is 3. The predicted octanol–water partition coefficient (Wildman–Crippen LogP) is 3.47. The lowest BCUT2D eigenvalue weighted by atomic mass is 9.94. The zero-order valence-electron chi connectivity index (χ0n) is 11.7. The molecule has 0 bridgehead atoms. The van der Waals surface area contributed by atoms with E-state index in [9.17, 15) is 4.79 Å². The fourth-order valence-electron chi connectivity index (χ4n) is 2.67. The SMILES string of the molecule is CC(NC(=O)C1NCCc2ccccc21)c1ccc(Cl)s1. The molecule has 0 aliphatic carbocycles. The van der Waals surface area contributed by atoms with Crippen LogP contribution < -0.4 is 10.6 Å². The molecule has 2 atom stereocenters. The molecule has 2 heterocycles. The molecule has 1 aliphatic rings. The summed E-state index contributed by atoms with van der Waals surface area (Å²) in [6.07, 6.45) is 0.968. The molecule has 2 N–H and O–H groups in total. The van der Waals surface area contributed by atoms with E-state index in [0.29, 0.717) is 0 Å². The zero-order valence-corrected chi connectivity index (χ0v) is 13.3. The molecule has 1 amide bonds. The van der Waals surface area contributed by atoms with Crippen LogP contribution in [0, 0.1) is 0 Å². The molecular weight excluding hydrogens is 304 g/mol. The summed E-state index contributed by atoms with van der Waals surface area (Å²) in [6, 6.07) is 11.6. The minimum atomic E-state index is -0.271. The zero-order chi connectivity index (χ0) is 14.8. The summed E-state index contributed by atoms with van der Waals surface area (Å²) in [5.41, 5.74) is 2.33. The number of benzene rings is 1. The summed E-state index contributed by atoms with van der Waals surface area (Å²) in [5, 5.41) is 6.37. The third-order valence-corrected chi connectivity index (χ3v) is 5.16. The van der Waals surface area contributed by atoms with Crippen molar-refractivity contribution in [2.45, 2.75) is 25.4 Å². The highest BCUT2D eigenvalue weighted by Gasteiger charge is 2.26. The Morgan fingerprint density at radius 1 is 1.38 bits per heavy atom. The van der Waals surface area contributed by atoms with Gasteiger partial charge in [-0.1, -0.05) is 35.9 Å². The summed E-state index contributed by atoms with van der Waals surface area (Å²) in [6.45, 7) is 2.81. The van der Waals surface area contributed by atoms with E-state index in [1.165, 1.54) is 16.9 Å². The molecular formula is C16H17ClN2OS. The molecule has 2 unspecified atom stereocenters. The second kappa shape index (κ2) is 6.18. The van der Waals surface area contributed by atoms with E-state index in [-0.39, 0.29) is 18.0 Å². The highest BCUT2D eigenvalue weighted by molar-refractivity contribution is 7.16. The number of hydrogen-bond donors (Lipinski definition) is 2. The van der Waals surface area contributed by atoms with Crippen LogP contribution in [0.15, 0.2) is 36.4 Å². The lowest BCUT2D eigenvalue weighted by Gasteiger charge is -2.27. The van der Waals surface area contributed by atoms with Gasteiger partial charge in [-0.2, -0.15) is 0 Å². The molecule has 0 saturated heterocycles. The van der Waals surface area contributed by atoms with Gasteiger partial charge < -0.3 is 10.6 Å². The van der Waals surface area contributed by atoms with Crippen molar-refractivity contribution >= 4 is 28.8 Å². The van der Waals surface area contributed by atoms with Crippen molar-refractivity contribution in [3.8, 4) is 0 Å². The Bertz CT molecular complexity index is 655. The van der Waals surface area contributed by atoms with Gasteiger partial charge in [0.25, 0.3) is 0 Å². The molecule has 21 heavy (non-hydrogen) atoms. The van der Waals surface area contributed by atoms with Crippen molar-refractivity contribution < 1.29 is 4.79 Å². The second-order valence-electron chi connectivity index (χ2n) is 5.21. The molecule has 0 radical (unpaired) electrons. The van der Waals surface area contributed by atoms with Crippen molar-refractivity contribution in [3.63, 3.8) is 0 Å². The van der Waals surface area contributed by atoms with E-state index in [0.717, 1.165) is 27.7 Å². The first-order valence-corrected chi connectivity index (χ1v) is 8.21. The molecule has 3 rings (SSSR count). The van der Waals surface area contributed by atoms with Crippen molar-refractivity contribution in [1.29, 1.82) is 0 Å².